The molecular weight excluding hydrogens is 982 g/mol. The number of likely N-dealkylation sites (N-methyl/N-ethyl adjacent to an activating group) is 1. The van der Waals surface area contributed by atoms with Gasteiger partial charge in [-0.3, -0.25) is 38.4 Å². The molecule has 0 aliphatic heterocycles. The summed E-state index contributed by atoms with van der Waals surface area (Å²) < 4.78 is 11.6. The quantitative estimate of drug-likeness (QED) is 0.0377. The van der Waals surface area contributed by atoms with Crippen molar-refractivity contribution < 1.29 is 62.8 Å². The fraction of sp³-hybridized carbons (Fsp3) is 0.775. The van der Waals surface area contributed by atoms with Crippen LogP contribution >= 0.6 is 43.5 Å². The smallest absolute Gasteiger partial charge is 0.322 e. The highest BCUT2D eigenvalue weighted by atomic mass is 79.9. The molecular formula is C40H72Br2ClN7O13. The standard InChI is InChI=1S/C26H45Br2N5O8.C12H24N2O4.C2H3ClO/c1-6-19(34)32-25(2,3)9-14-41-26(4,5)15-20(35)31-18(7-8-23(38)39)24(40)33(12-10-29-21(36)16-27)13-11-30-22(37)17-28;1-11(2,13-5)8-18-12(3,4)6-9(15)14-7-10(16)17;3-1-2-4/h18H,6-17H2,1-5H3,(H,29,36)(H,30,37)(H,31,35)(H,32,34)(H,38,39);13H,6-8H2,1-5H3,(H,14,15)(H,16,17);2H,1H2. The number of ether oxygens (including phenoxy) is 2. The lowest BCUT2D eigenvalue weighted by Crippen LogP contribution is -2.52. The SMILES string of the molecule is CCC(=O)NC(C)(C)CCOC(C)(C)CC(=O)NC(CCC(=O)O)C(=O)N(CCNC(=O)CBr)CCNC(=O)CBr.CNC(C)(C)COC(C)(C)CC(=O)NCC(=O)O.O=CCCl. The number of hydrogen-bond donors (Lipinski definition) is 8. The number of carboxylic acid groups (broad SMARTS) is 2. The van der Waals surface area contributed by atoms with Crippen LogP contribution in [0.2, 0.25) is 0 Å². The van der Waals surface area contributed by atoms with Crippen molar-refractivity contribution in [2.45, 2.75) is 129 Å². The van der Waals surface area contributed by atoms with Crippen LogP contribution in [-0.4, -0.2) is 167 Å². The van der Waals surface area contributed by atoms with Crippen molar-refractivity contribution in [3.05, 3.63) is 0 Å². The van der Waals surface area contributed by atoms with Crippen LogP contribution in [0.3, 0.4) is 0 Å². The predicted molar refractivity (Wildman–Crippen MR) is 246 cm³/mol. The Balaban J connectivity index is -0.00000135. The van der Waals surface area contributed by atoms with Gasteiger partial charge in [0.05, 0.1) is 47.2 Å². The molecule has 0 spiro atoms. The monoisotopic (exact) mass is 1050 g/mol. The van der Waals surface area contributed by atoms with Gasteiger partial charge in [-0.25, -0.2) is 0 Å². The molecule has 0 saturated carbocycles. The Morgan fingerprint density at radius 3 is 1.65 bits per heavy atom. The van der Waals surface area contributed by atoms with E-state index >= 15 is 0 Å². The maximum atomic E-state index is 13.5. The molecule has 0 aromatic heterocycles. The number of carbonyl (C=O) groups excluding carboxylic acids is 7. The molecule has 1 unspecified atom stereocenters. The third-order valence-corrected chi connectivity index (χ3v) is 9.58. The lowest BCUT2D eigenvalue weighted by atomic mass is 10.00. The van der Waals surface area contributed by atoms with Crippen LogP contribution in [0.1, 0.15) is 101 Å². The number of carbonyl (C=O) groups is 9. The molecule has 8 N–H and O–H groups in total. The highest BCUT2D eigenvalue weighted by Crippen LogP contribution is 2.19. The summed E-state index contributed by atoms with van der Waals surface area (Å²) in [4.78, 5) is 105. The first kappa shape index (κ1) is 63.8. The summed E-state index contributed by atoms with van der Waals surface area (Å²) in [6.07, 6.45) is 1.03. The second-order valence-corrected chi connectivity index (χ2v) is 17.9. The van der Waals surface area contributed by atoms with E-state index in [0.717, 1.165) is 0 Å². The zero-order chi connectivity index (χ0) is 49.5. The first-order valence-corrected chi connectivity index (χ1v) is 23.0. The number of nitrogens with zero attached hydrogens (tertiary/aromatic N) is 1. The summed E-state index contributed by atoms with van der Waals surface area (Å²) in [6, 6.07) is -1.14. The van der Waals surface area contributed by atoms with Crippen molar-refractivity contribution in [3.63, 3.8) is 0 Å². The van der Waals surface area contributed by atoms with Gasteiger partial charge in [-0.05, 0) is 75.3 Å². The van der Waals surface area contributed by atoms with E-state index in [1.165, 1.54) is 4.90 Å². The topological polar surface area (TPSA) is 288 Å². The van der Waals surface area contributed by atoms with Crippen LogP contribution in [0.15, 0.2) is 0 Å². The third kappa shape index (κ3) is 37.6. The number of carboxylic acids is 2. The molecule has 0 radical (unpaired) electrons. The second-order valence-electron chi connectivity index (χ2n) is 16.5. The molecule has 0 fully saturated rings. The highest BCUT2D eigenvalue weighted by molar-refractivity contribution is 9.09. The Labute approximate surface area is 393 Å². The average Bonchev–Trinajstić information content (AvgIpc) is 3.19. The van der Waals surface area contributed by atoms with E-state index in [1.54, 1.807) is 34.6 Å². The van der Waals surface area contributed by atoms with E-state index in [2.05, 4.69) is 63.8 Å². The fourth-order valence-electron chi connectivity index (χ4n) is 4.75. The molecule has 0 aromatic carbocycles. The number of hydrogen-bond acceptors (Lipinski definition) is 12. The van der Waals surface area contributed by atoms with Gasteiger partial charge in [0.1, 0.15) is 18.9 Å². The number of aldehydes is 1. The van der Waals surface area contributed by atoms with E-state index in [4.69, 9.17) is 31.0 Å². The molecule has 63 heavy (non-hydrogen) atoms. The minimum absolute atomic E-state index is 0.0734. The molecule has 20 nitrogen and oxygen atoms in total. The van der Waals surface area contributed by atoms with E-state index in [0.29, 0.717) is 25.7 Å². The Hall–Kier alpha value is -3.44. The number of alkyl halides is 3. The first-order valence-electron chi connectivity index (χ1n) is 20.3. The highest BCUT2D eigenvalue weighted by Gasteiger charge is 2.31. The molecule has 6 amide bonds. The predicted octanol–water partition coefficient (Wildman–Crippen LogP) is 1.86. The minimum Gasteiger partial charge on any atom is -0.481 e. The Morgan fingerprint density at radius 2 is 1.22 bits per heavy atom. The van der Waals surface area contributed by atoms with Gasteiger partial charge >= 0.3 is 11.9 Å². The summed E-state index contributed by atoms with van der Waals surface area (Å²) in [5.74, 6) is -4.07. The molecule has 366 valence electrons. The summed E-state index contributed by atoms with van der Waals surface area (Å²) >= 11 is 10.9. The van der Waals surface area contributed by atoms with Crippen molar-refractivity contribution in [1.29, 1.82) is 0 Å². The van der Waals surface area contributed by atoms with Gasteiger partial charge < -0.3 is 61.3 Å². The van der Waals surface area contributed by atoms with E-state index in [1.807, 2.05) is 34.7 Å². The fourth-order valence-corrected chi connectivity index (χ4v) is 5.15. The summed E-state index contributed by atoms with van der Waals surface area (Å²) in [5, 5.41) is 34.1. The van der Waals surface area contributed by atoms with Gasteiger partial charge in [0, 0.05) is 56.7 Å². The Kier molecular flexibility index (Phi) is 34.4. The van der Waals surface area contributed by atoms with E-state index in [-0.39, 0.29) is 111 Å². The zero-order valence-corrected chi connectivity index (χ0v) is 42.4. The third-order valence-electron chi connectivity index (χ3n) is 8.43. The average molecular weight is 1050 g/mol. The maximum Gasteiger partial charge on any atom is 0.322 e. The maximum absolute atomic E-state index is 13.5. The number of aliphatic carboxylic acids is 2. The molecule has 0 rings (SSSR count). The van der Waals surface area contributed by atoms with Crippen LogP contribution in [0.25, 0.3) is 0 Å². The van der Waals surface area contributed by atoms with Gasteiger partial charge in [-0.1, -0.05) is 38.8 Å². The van der Waals surface area contributed by atoms with Gasteiger partial charge in [-0.2, -0.15) is 0 Å². The zero-order valence-electron chi connectivity index (χ0n) is 38.4. The lowest BCUT2D eigenvalue weighted by Gasteiger charge is -2.31. The van der Waals surface area contributed by atoms with Gasteiger partial charge in [0.2, 0.25) is 35.4 Å². The van der Waals surface area contributed by atoms with Crippen molar-refractivity contribution in [1.82, 2.24) is 36.8 Å². The molecule has 0 aliphatic carbocycles. The van der Waals surface area contributed by atoms with Crippen LogP contribution in [0.5, 0.6) is 0 Å². The van der Waals surface area contributed by atoms with E-state index < -0.39 is 46.5 Å². The Bertz CT molecular complexity index is 1430. The second kappa shape index (κ2) is 34.0. The van der Waals surface area contributed by atoms with Gasteiger partial charge in [0.25, 0.3) is 0 Å². The summed E-state index contributed by atoms with van der Waals surface area (Å²) in [7, 11) is 1.84. The molecule has 0 aliphatic rings. The van der Waals surface area contributed by atoms with Crippen molar-refractivity contribution in [2.75, 3.05) is 69.5 Å². The first-order chi connectivity index (χ1) is 29.0. The molecule has 23 heteroatoms. The van der Waals surface area contributed by atoms with Crippen molar-refractivity contribution in [2.24, 2.45) is 0 Å². The van der Waals surface area contributed by atoms with Crippen molar-refractivity contribution in [3.8, 4) is 0 Å². The van der Waals surface area contributed by atoms with E-state index in [9.17, 15) is 43.5 Å². The summed E-state index contributed by atoms with van der Waals surface area (Å²) in [5.41, 5.74) is -2.20. The molecule has 0 heterocycles. The normalized spacial score (nSPS) is 11.8. The Morgan fingerprint density at radius 1 is 0.730 bits per heavy atom. The van der Waals surface area contributed by atoms with Crippen LogP contribution in [0, 0.1) is 0 Å². The molecule has 1 atom stereocenters. The van der Waals surface area contributed by atoms with Crippen LogP contribution in [-0.2, 0) is 52.6 Å². The van der Waals surface area contributed by atoms with Gasteiger partial charge in [0.15, 0.2) is 0 Å². The largest absolute Gasteiger partial charge is 0.481 e. The van der Waals surface area contributed by atoms with Gasteiger partial charge in [-0.15, -0.1) is 11.6 Å². The minimum atomic E-state index is -1.14. The molecule has 0 saturated heterocycles. The number of amides is 6. The number of rotatable bonds is 30. The summed E-state index contributed by atoms with van der Waals surface area (Å²) in [6.45, 7) is 17.4. The van der Waals surface area contributed by atoms with Crippen LogP contribution < -0.4 is 31.9 Å². The van der Waals surface area contributed by atoms with Crippen LogP contribution in [0.4, 0.5) is 0 Å². The number of halogens is 3. The lowest BCUT2D eigenvalue weighted by molar-refractivity contribution is -0.141. The van der Waals surface area contributed by atoms with Crippen molar-refractivity contribution >= 4 is 97.1 Å². The number of nitrogens with one attached hydrogen (secondary N) is 6. The molecule has 0 aromatic rings. The molecule has 0 bridgehead atoms.